The molecule has 3 aliphatic heterocycles. The molecule has 0 atom stereocenters. The SMILES string of the molecule is CC(C)N1CCCC1.CC(C)N1CCN(C)CC1.CC(C)OC1CCN(C)CC1. The summed E-state index contributed by atoms with van der Waals surface area (Å²) in [7, 11) is 4.36. The molecule has 3 aliphatic rings. The number of hydrogen-bond acceptors (Lipinski definition) is 5. The van der Waals surface area contributed by atoms with E-state index in [1.807, 2.05) is 0 Å². The van der Waals surface area contributed by atoms with Crippen molar-refractivity contribution in [2.45, 2.75) is 91.5 Å². The van der Waals surface area contributed by atoms with Crippen molar-refractivity contribution in [3.63, 3.8) is 0 Å². The Morgan fingerprint density at radius 3 is 1.38 bits per heavy atom. The van der Waals surface area contributed by atoms with Crippen LogP contribution in [0.5, 0.6) is 0 Å². The van der Waals surface area contributed by atoms with Crippen LogP contribution < -0.4 is 0 Å². The van der Waals surface area contributed by atoms with Crippen LogP contribution in [0.4, 0.5) is 0 Å². The van der Waals surface area contributed by atoms with Gasteiger partial charge in [-0.25, -0.2) is 0 Å². The van der Waals surface area contributed by atoms with Gasteiger partial charge in [0.25, 0.3) is 0 Å². The molecule has 0 amide bonds. The highest BCUT2D eigenvalue weighted by atomic mass is 16.5. The summed E-state index contributed by atoms with van der Waals surface area (Å²) in [6, 6.07) is 1.51. The van der Waals surface area contributed by atoms with Gasteiger partial charge in [0.2, 0.25) is 0 Å². The molecule has 5 nitrogen and oxygen atoms in total. The molecule has 0 aromatic carbocycles. The maximum atomic E-state index is 5.71. The average molecular weight is 413 g/mol. The molecule has 0 unspecified atom stereocenters. The van der Waals surface area contributed by atoms with Crippen molar-refractivity contribution < 1.29 is 4.74 Å². The largest absolute Gasteiger partial charge is 0.375 e. The summed E-state index contributed by atoms with van der Waals surface area (Å²) in [5.74, 6) is 0. The van der Waals surface area contributed by atoms with Crippen LogP contribution in [-0.4, -0.2) is 110 Å². The second kappa shape index (κ2) is 14.7. The van der Waals surface area contributed by atoms with Crippen LogP contribution in [-0.2, 0) is 4.74 Å². The van der Waals surface area contributed by atoms with Gasteiger partial charge in [-0.15, -0.1) is 0 Å². The number of piperazine rings is 1. The Bertz CT molecular complexity index is 380. The van der Waals surface area contributed by atoms with Gasteiger partial charge in [-0.3, -0.25) is 4.90 Å². The van der Waals surface area contributed by atoms with E-state index in [1.165, 1.54) is 78.0 Å². The van der Waals surface area contributed by atoms with E-state index in [9.17, 15) is 0 Å². The van der Waals surface area contributed by atoms with Crippen molar-refractivity contribution in [3.8, 4) is 0 Å². The van der Waals surface area contributed by atoms with Crippen LogP contribution in [0.2, 0.25) is 0 Å². The fourth-order valence-electron chi connectivity index (χ4n) is 4.10. The lowest BCUT2D eigenvalue weighted by atomic mass is 10.1. The van der Waals surface area contributed by atoms with Crippen molar-refractivity contribution in [1.29, 1.82) is 0 Å². The smallest absolute Gasteiger partial charge is 0.0603 e. The zero-order valence-electron chi connectivity index (χ0n) is 21.0. The van der Waals surface area contributed by atoms with E-state index in [2.05, 4.69) is 75.2 Å². The molecular formula is C24H52N4O. The van der Waals surface area contributed by atoms with Gasteiger partial charge in [0.05, 0.1) is 12.2 Å². The summed E-state index contributed by atoms with van der Waals surface area (Å²) in [4.78, 5) is 9.80. The quantitative estimate of drug-likeness (QED) is 0.701. The summed E-state index contributed by atoms with van der Waals surface area (Å²) in [6.07, 6.45) is 6.15. The zero-order valence-corrected chi connectivity index (χ0v) is 21.0. The molecule has 5 heteroatoms. The minimum absolute atomic E-state index is 0.392. The number of ether oxygens (including phenoxy) is 1. The van der Waals surface area contributed by atoms with Crippen LogP contribution in [0.25, 0.3) is 0 Å². The number of likely N-dealkylation sites (tertiary alicyclic amines) is 2. The summed E-state index contributed by atoms with van der Waals surface area (Å²) >= 11 is 0. The molecule has 0 aromatic rings. The molecule has 3 fully saturated rings. The summed E-state index contributed by atoms with van der Waals surface area (Å²) in [5, 5.41) is 0. The van der Waals surface area contributed by atoms with Gasteiger partial charge in [-0.2, -0.15) is 0 Å². The third-order valence-corrected chi connectivity index (χ3v) is 6.27. The van der Waals surface area contributed by atoms with E-state index in [-0.39, 0.29) is 0 Å². The molecule has 0 bridgehead atoms. The summed E-state index contributed by atoms with van der Waals surface area (Å²) < 4.78 is 5.71. The highest BCUT2D eigenvalue weighted by Gasteiger charge is 2.17. The van der Waals surface area contributed by atoms with E-state index >= 15 is 0 Å². The average Bonchev–Trinajstić information content (AvgIpc) is 3.20. The number of likely N-dealkylation sites (N-methyl/N-ethyl adjacent to an activating group) is 1. The molecule has 3 heterocycles. The minimum atomic E-state index is 0.392. The van der Waals surface area contributed by atoms with E-state index in [1.54, 1.807) is 0 Å². The molecule has 3 rings (SSSR count). The molecule has 0 spiro atoms. The van der Waals surface area contributed by atoms with Gasteiger partial charge in [0.15, 0.2) is 0 Å². The highest BCUT2D eigenvalue weighted by molar-refractivity contribution is 4.72. The summed E-state index contributed by atoms with van der Waals surface area (Å²) in [5.41, 5.74) is 0. The first-order valence-corrected chi connectivity index (χ1v) is 12.2. The van der Waals surface area contributed by atoms with Crippen molar-refractivity contribution in [2.75, 3.05) is 66.5 Å². The molecule has 0 saturated carbocycles. The number of nitrogens with zero attached hydrogens (tertiary/aromatic N) is 4. The molecule has 29 heavy (non-hydrogen) atoms. The van der Waals surface area contributed by atoms with Gasteiger partial charge in [0.1, 0.15) is 0 Å². The highest BCUT2D eigenvalue weighted by Crippen LogP contribution is 2.13. The standard InChI is InChI=1S/C9H19NO.C8H18N2.C7H15N/c1-8(2)11-9-4-6-10(3)7-5-9;1-8(2)10-6-4-9(3)5-7-10;1-7(2)8-5-3-4-6-8/h8-9H,4-7H2,1-3H3;8H,4-7H2,1-3H3;7H,3-6H2,1-2H3. The van der Waals surface area contributed by atoms with Crippen molar-refractivity contribution in [2.24, 2.45) is 0 Å². The van der Waals surface area contributed by atoms with Crippen LogP contribution in [0.3, 0.4) is 0 Å². The van der Waals surface area contributed by atoms with Gasteiger partial charge in [-0.05, 0) is 94.4 Å². The molecule has 0 aliphatic carbocycles. The summed E-state index contributed by atoms with van der Waals surface area (Å²) in [6.45, 7) is 23.3. The zero-order chi connectivity index (χ0) is 21.8. The van der Waals surface area contributed by atoms with Crippen LogP contribution >= 0.6 is 0 Å². The molecular weight excluding hydrogens is 360 g/mol. The second-order valence-electron chi connectivity index (χ2n) is 9.96. The predicted octanol–water partition coefficient (Wildman–Crippen LogP) is 3.64. The monoisotopic (exact) mass is 412 g/mol. The third-order valence-electron chi connectivity index (χ3n) is 6.27. The maximum Gasteiger partial charge on any atom is 0.0603 e. The number of rotatable bonds is 4. The Hall–Kier alpha value is -0.200. The van der Waals surface area contributed by atoms with Crippen molar-refractivity contribution in [3.05, 3.63) is 0 Å². The second-order valence-corrected chi connectivity index (χ2v) is 9.96. The molecule has 0 aromatic heterocycles. The fraction of sp³-hybridized carbons (Fsp3) is 1.00. The van der Waals surface area contributed by atoms with Gasteiger partial charge in [0, 0.05) is 51.4 Å². The van der Waals surface area contributed by atoms with Gasteiger partial charge >= 0.3 is 0 Å². The predicted molar refractivity (Wildman–Crippen MR) is 127 cm³/mol. The van der Waals surface area contributed by atoms with Crippen molar-refractivity contribution >= 4 is 0 Å². The first-order chi connectivity index (χ1) is 13.7. The van der Waals surface area contributed by atoms with Crippen LogP contribution in [0.1, 0.15) is 67.2 Å². The molecule has 3 saturated heterocycles. The Kier molecular flexibility index (Phi) is 13.6. The molecule has 0 radical (unpaired) electrons. The Morgan fingerprint density at radius 1 is 0.586 bits per heavy atom. The van der Waals surface area contributed by atoms with Gasteiger partial charge in [-0.1, -0.05) is 0 Å². The van der Waals surface area contributed by atoms with Gasteiger partial charge < -0.3 is 19.4 Å². The lowest BCUT2D eigenvalue weighted by Gasteiger charge is -2.34. The van der Waals surface area contributed by atoms with E-state index in [0.717, 1.165) is 12.1 Å². The Balaban J connectivity index is 0.000000220. The van der Waals surface area contributed by atoms with Crippen molar-refractivity contribution in [1.82, 2.24) is 19.6 Å². The molecule has 174 valence electrons. The fourth-order valence-corrected chi connectivity index (χ4v) is 4.10. The van der Waals surface area contributed by atoms with E-state index in [4.69, 9.17) is 4.74 Å². The van der Waals surface area contributed by atoms with E-state index < -0.39 is 0 Å². The Labute approximate surface area is 182 Å². The number of hydrogen-bond donors (Lipinski definition) is 0. The topological polar surface area (TPSA) is 22.2 Å². The third kappa shape index (κ3) is 12.3. The maximum absolute atomic E-state index is 5.71. The van der Waals surface area contributed by atoms with Crippen LogP contribution in [0, 0.1) is 0 Å². The van der Waals surface area contributed by atoms with Crippen LogP contribution in [0.15, 0.2) is 0 Å². The first-order valence-electron chi connectivity index (χ1n) is 12.2. The lowest BCUT2D eigenvalue weighted by molar-refractivity contribution is -0.0232. The minimum Gasteiger partial charge on any atom is -0.375 e. The Morgan fingerprint density at radius 2 is 1.00 bits per heavy atom. The molecule has 0 N–H and O–H groups in total. The normalized spacial score (nSPS) is 23.3. The first kappa shape index (κ1) is 26.8. The number of piperidine rings is 1. The lowest BCUT2D eigenvalue weighted by Crippen LogP contribution is -2.47. The van der Waals surface area contributed by atoms with E-state index in [0.29, 0.717) is 12.2 Å².